The third-order valence-electron chi connectivity index (χ3n) is 6.71. The van der Waals surface area contributed by atoms with Crippen LogP contribution in [0.3, 0.4) is 0 Å². The summed E-state index contributed by atoms with van der Waals surface area (Å²) < 4.78 is 5.42. The lowest BCUT2D eigenvalue weighted by molar-refractivity contribution is 0.0851. The van der Waals surface area contributed by atoms with Gasteiger partial charge in [0.1, 0.15) is 5.01 Å². The Hall–Kier alpha value is -1.99. The number of carbonyl (C=O) groups is 1. The molecule has 2 aromatic rings. The minimum atomic E-state index is -0.0422. The van der Waals surface area contributed by atoms with Gasteiger partial charge in [0.15, 0.2) is 0 Å². The second-order valence-electron chi connectivity index (χ2n) is 8.32. The molecule has 7 heteroatoms. The average Bonchev–Trinajstić information content (AvgIpc) is 3.34. The fourth-order valence-corrected chi connectivity index (χ4v) is 5.87. The number of aromatic nitrogens is 2. The van der Waals surface area contributed by atoms with E-state index >= 15 is 0 Å². The van der Waals surface area contributed by atoms with Gasteiger partial charge in [-0.05, 0) is 36.7 Å². The SMILES string of the molecule is O=C(Nc1nnc(C2CCOCC2)s1)N1C[C@@H](c2ccccc2)C2(CCC2)C1. The van der Waals surface area contributed by atoms with Crippen LogP contribution in [0.2, 0.25) is 0 Å². The van der Waals surface area contributed by atoms with Gasteiger partial charge < -0.3 is 9.64 Å². The highest BCUT2D eigenvalue weighted by atomic mass is 32.1. The van der Waals surface area contributed by atoms with E-state index < -0.39 is 0 Å². The normalized spacial score (nSPS) is 24.3. The summed E-state index contributed by atoms with van der Waals surface area (Å²) in [7, 11) is 0. The lowest BCUT2D eigenvalue weighted by Gasteiger charge is -2.42. The zero-order chi connectivity index (χ0) is 19.0. The van der Waals surface area contributed by atoms with Gasteiger partial charge in [0, 0.05) is 38.1 Å². The van der Waals surface area contributed by atoms with Gasteiger partial charge in [-0.15, -0.1) is 10.2 Å². The summed E-state index contributed by atoms with van der Waals surface area (Å²) in [6.45, 7) is 3.18. The van der Waals surface area contributed by atoms with Crippen LogP contribution < -0.4 is 5.32 Å². The Labute approximate surface area is 169 Å². The van der Waals surface area contributed by atoms with Crippen molar-refractivity contribution in [1.29, 1.82) is 0 Å². The summed E-state index contributed by atoms with van der Waals surface area (Å²) in [4.78, 5) is 14.9. The predicted octanol–water partition coefficient (Wildman–Crippen LogP) is 4.23. The number of likely N-dealkylation sites (tertiary alicyclic amines) is 1. The molecule has 3 heterocycles. The Morgan fingerprint density at radius 1 is 1.18 bits per heavy atom. The first-order chi connectivity index (χ1) is 13.7. The Kier molecular flexibility index (Phi) is 4.80. The van der Waals surface area contributed by atoms with E-state index in [0.717, 1.165) is 44.2 Å². The molecule has 28 heavy (non-hydrogen) atoms. The van der Waals surface area contributed by atoms with E-state index in [1.165, 1.54) is 36.2 Å². The second-order valence-corrected chi connectivity index (χ2v) is 9.33. The van der Waals surface area contributed by atoms with E-state index in [4.69, 9.17) is 4.74 Å². The number of amides is 2. The standard InChI is InChI=1S/C21H26N4O2S/c26-20(22-19-24-23-18(28-19)16-7-11-27-12-8-16)25-13-17(15-5-2-1-3-6-15)21(14-25)9-4-10-21/h1-3,5-6,16-17H,4,7-14H2,(H,22,24,26)/t17-/m0/s1. The Bertz CT molecular complexity index is 830. The van der Waals surface area contributed by atoms with Crippen molar-refractivity contribution >= 4 is 22.5 Å². The summed E-state index contributed by atoms with van der Waals surface area (Å²) in [5.74, 6) is 0.838. The predicted molar refractivity (Wildman–Crippen MR) is 109 cm³/mol. The van der Waals surface area contributed by atoms with Gasteiger partial charge in [-0.1, -0.05) is 48.1 Å². The van der Waals surface area contributed by atoms with E-state index in [9.17, 15) is 4.79 Å². The van der Waals surface area contributed by atoms with Gasteiger partial charge in [0.05, 0.1) is 0 Å². The van der Waals surface area contributed by atoms with Gasteiger partial charge in [-0.2, -0.15) is 0 Å². The lowest BCUT2D eigenvalue weighted by atomic mass is 9.61. The number of rotatable bonds is 3. The fourth-order valence-electron chi connectivity index (χ4n) is 4.97. The quantitative estimate of drug-likeness (QED) is 0.840. The van der Waals surface area contributed by atoms with Crippen LogP contribution in [0.25, 0.3) is 0 Å². The molecule has 2 amide bonds. The van der Waals surface area contributed by atoms with Crippen LogP contribution in [0.5, 0.6) is 0 Å². The van der Waals surface area contributed by atoms with Gasteiger partial charge in [0.2, 0.25) is 5.13 Å². The minimum Gasteiger partial charge on any atom is -0.381 e. The maximum absolute atomic E-state index is 12.9. The van der Waals surface area contributed by atoms with Crippen molar-refractivity contribution in [2.45, 2.75) is 43.9 Å². The first-order valence-corrected chi connectivity index (χ1v) is 11.1. The van der Waals surface area contributed by atoms with Crippen molar-refractivity contribution in [3.05, 3.63) is 40.9 Å². The van der Waals surface area contributed by atoms with Gasteiger partial charge >= 0.3 is 6.03 Å². The smallest absolute Gasteiger partial charge is 0.323 e. The first-order valence-electron chi connectivity index (χ1n) is 10.3. The third-order valence-corrected chi connectivity index (χ3v) is 7.71. The number of nitrogens with zero attached hydrogens (tertiary/aromatic N) is 3. The molecule has 0 radical (unpaired) electrons. The van der Waals surface area contributed by atoms with Crippen LogP contribution in [-0.4, -0.2) is 47.4 Å². The van der Waals surface area contributed by atoms with Crippen molar-refractivity contribution in [2.24, 2.45) is 5.41 Å². The molecule has 0 unspecified atom stereocenters. The molecule has 1 spiro atoms. The largest absolute Gasteiger partial charge is 0.381 e. The summed E-state index contributed by atoms with van der Waals surface area (Å²) in [6.07, 6.45) is 5.65. The number of anilines is 1. The molecular formula is C21H26N4O2S. The van der Waals surface area contributed by atoms with Crippen molar-refractivity contribution in [3.63, 3.8) is 0 Å². The topological polar surface area (TPSA) is 67.3 Å². The van der Waals surface area contributed by atoms with Crippen molar-refractivity contribution in [2.75, 3.05) is 31.6 Å². The maximum Gasteiger partial charge on any atom is 0.323 e. The molecule has 148 valence electrons. The molecule has 1 aliphatic carbocycles. The zero-order valence-electron chi connectivity index (χ0n) is 16.0. The summed E-state index contributed by atoms with van der Waals surface area (Å²) >= 11 is 1.51. The monoisotopic (exact) mass is 398 g/mol. The number of nitrogens with one attached hydrogen (secondary N) is 1. The number of urea groups is 1. The molecule has 5 rings (SSSR count). The van der Waals surface area contributed by atoms with Gasteiger partial charge in [-0.25, -0.2) is 4.79 Å². The molecule has 2 saturated heterocycles. The van der Waals surface area contributed by atoms with E-state index in [0.29, 0.717) is 17.0 Å². The fraction of sp³-hybridized carbons (Fsp3) is 0.571. The summed E-state index contributed by atoms with van der Waals surface area (Å²) in [6, 6.07) is 10.6. The molecule has 6 nitrogen and oxygen atoms in total. The van der Waals surface area contributed by atoms with E-state index in [2.05, 4.69) is 45.8 Å². The van der Waals surface area contributed by atoms with Gasteiger partial charge in [-0.3, -0.25) is 5.32 Å². The number of ether oxygens (including phenoxy) is 1. The van der Waals surface area contributed by atoms with E-state index in [1.807, 2.05) is 4.90 Å². The summed E-state index contributed by atoms with van der Waals surface area (Å²) in [5.41, 5.74) is 1.61. The Morgan fingerprint density at radius 2 is 1.96 bits per heavy atom. The lowest BCUT2D eigenvalue weighted by Crippen LogP contribution is -2.39. The third kappa shape index (κ3) is 3.31. The van der Waals surface area contributed by atoms with Crippen LogP contribution in [-0.2, 0) is 4.74 Å². The van der Waals surface area contributed by atoms with E-state index in [-0.39, 0.29) is 11.4 Å². The molecule has 0 bridgehead atoms. The molecule has 1 saturated carbocycles. The molecule has 1 aromatic carbocycles. The average molecular weight is 399 g/mol. The molecule has 1 atom stereocenters. The van der Waals surface area contributed by atoms with Crippen LogP contribution in [0.15, 0.2) is 30.3 Å². The zero-order valence-corrected chi connectivity index (χ0v) is 16.8. The van der Waals surface area contributed by atoms with E-state index in [1.54, 1.807) is 0 Å². The number of benzene rings is 1. The van der Waals surface area contributed by atoms with Crippen LogP contribution >= 0.6 is 11.3 Å². The molecule has 1 N–H and O–H groups in total. The van der Waals surface area contributed by atoms with Crippen molar-refractivity contribution in [3.8, 4) is 0 Å². The number of hydrogen-bond acceptors (Lipinski definition) is 5. The molecule has 1 aromatic heterocycles. The highest BCUT2D eigenvalue weighted by Gasteiger charge is 2.51. The molecule has 3 fully saturated rings. The maximum atomic E-state index is 12.9. The first kappa shape index (κ1) is 18.1. The van der Waals surface area contributed by atoms with Crippen molar-refractivity contribution < 1.29 is 9.53 Å². The summed E-state index contributed by atoms with van der Waals surface area (Å²) in [5, 5.41) is 13.2. The van der Waals surface area contributed by atoms with Gasteiger partial charge in [0.25, 0.3) is 0 Å². The Balaban J connectivity index is 1.27. The molecular weight excluding hydrogens is 372 g/mol. The highest BCUT2D eigenvalue weighted by molar-refractivity contribution is 7.15. The highest BCUT2D eigenvalue weighted by Crippen LogP contribution is 2.55. The molecule has 3 aliphatic rings. The van der Waals surface area contributed by atoms with Crippen LogP contribution in [0, 0.1) is 5.41 Å². The molecule has 2 aliphatic heterocycles. The number of carbonyl (C=O) groups excluding carboxylic acids is 1. The minimum absolute atomic E-state index is 0.0422. The van der Waals surface area contributed by atoms with Crippen LogP contribution in [0.4, 0.5) is 9.93 Å². The second kappa shape index (κ2) is 7.44. The van der Waals surface area contributed by atoms with Crippen molar-refractivity contribution in [1.82, 2.24) is 15.1 Å². The Morgan fingerprint density at radius 3 is 2.68 bits per heavy atom. The number of hydrogen-bond donors (Lipinski definition) is 1. The van der Waals surface area contributed by atoms with Crippen LogP contribution in [0.1, 0.15) is 54.5 Å².